The van der Waals surface area contributed by atoms with Crippen LogP contribution in [0.2, 0.25) is 0 Å². The van der Waals surface area contributed by atoms with Crippen molar-refractivity contribution in [2.24, 2.45) is 0 Å². The smallest absolute Gasteiger partial charge is 0.354 e. The molecule has 0 unspecified atom stereocenters. The van der Waals surface area contributed by atoms with Crippen molar-refractivity contribution in [3.63, 3.8) is 0 Å². The van der Waals surface area contributed by atoms with Gasteiger partial charge in [0.1, 0.15) is 11.5 Å². The molecular weight excluding hydrogens is 716 g/mol. The fraction of sp³-hybridized carbons (Fsp3) is 0.139. The van der Waals surface area contributed by atoms with E-state index in [2.05, 4.69) is 71.9 Å². The van der Waals surface area contributed by atoms with E-state index in [1.54, 1.807) is 6.07 Å². The van der Waals surface area contributed by atoms with Gasteiger partial charge < -0.3 is 14.7 Å². The van der Waals surface area contributed by atoms with E-state index < -0.39 is 5.97 Å². The van der Waals surface area contributed by atoms with E-state index in [0.29, 0.717) is 5.69 Å². The summed E-state index contributed by atoms with van der Waals surface area (Å²) in [6.45, 7) is 8.38. The molecule has 6 nitrogen and oxygen atoms in total. The third-order valence-electron chi connectivity index (χ3n) is 7.82. The van der Waals surface area contributed by atoms with Gasteiger partial charge in [0.05, 0.1) is 16.7 Å². The molecule has 3 aromatic heterocycles. The molecule has 7 aromatic rings. The summed E-state index contributed by atoms with van der Waals surface area (Å²) < 4.78 is 2.23. The molecule has 4 aromatic carbocycles. The van der Waals surface area contributed by atoms with Gasteiger partial charge in [-0.3, -0.25) is 0 Å². The van der Waals surface area contributed by atoms with Crippen LogP contribution in [-0.4, -0.2) is 25.6 Å². The van der Waals surface area contributed by atoms with E-state index in [4.69, 9.17) is 9.97 Å². The molecule has 0 radical (unpaired) electrons. The Morgan fingerprint density at radius 3 is 2.21 bits per heavy atom. The molecular formula is C36H29N4O2Pt-. The van der Waals surface area contributed by atoms with Crippen LogP contribution in [-0.2, 0) is 21.1 Å². The minimum atomic E-state index is -1.07. The van der Waals surface area contributed by atoms with Gasteiger partial charge in [-0.2, -0.15) is 0 Å². The van der Waals surface area contributed by atoms with Gasteiger partial charge in [-0.05, 0) is 67.8 Å². The third kappa shape index (κ3) is 4.86. The van der Waals surface area contributed by atoms with Crippen LogP contribution in [0.1, 0.15) is 41.5 Å². The molecule has 43 heavy (non-hydrogen) atoms. The molecule has 0 aliphatic heterocycles. The van der Waals surface area contributed by atoms with Crippen LogP contribution < -0.4 is 4.98 Å². The summed E-state index contributed by atoms with van der Waals surface area (Å²) in [5.74, 6) is -0.242. The molecule has 0 atom stereocenters. The number of imidazole rings is 1. The van der Waals surface area contributed by atoms with Crippen LogP contribution in [0.4, 0.5) is 0 Å². The van der Waals surface area contributed by atoms with Crippen LogP contribution in [0.25, 0.3) is 66.6 Å². The summed E-state index contributed by atoms with van der Waals surface area (Å²) >= 11 is 0. The number of hydrogen-bond donors (Lipinski definition) is 1. The van der Waals surface area contributed by atoms with E-state index in [0.717, 1.165) is 72.0 Å². The fourth-order valence-corrected chi connectivity index (χ4v) is 6.10. The number of para-hydroxylation sites is 3. The van der Waals surface area contributed by atoms with Gasteiger partial charge in [0.2, 0.25) is 0 Å². The zero-order valence-corrected chi connectivity index (χ0v) is 26.5. The number of rotatable bonds is 5. The Labute approximate surface area is 263 Å². The number of carboxylic acids is 1. The van der Waals surface area contributed by atoms with Crippen molar-refractivity contribution in [3.8, 4) is 33.8 Å². The molecule has 3 heterocycles. The van der Waals surface area contributed by atoms with E-state index in [1.165, 1.54) is 0 Å². The molecule has 216 valence electrons. The van der Waals surface area contributed by atoms with Crippen LogP contribution >= 0.6 is 0 Å². The van der Waals surface area contributed by atoms with Gasteiger partial charge in [-0.15, -0.1) is 11.0 Å². The maximum absolute atomic E-state index is 12.2. The van der Waals surface area contributed by atoms with E-state index in [-0.39, 0.29) is 32.8 Å². The molecule has 1 N–H and O–H groups in total. The number of benzene rings is 4. The van der Waals surface area contributed by atoms with Crippen molar-refractivity contribution in [1.29, 1.82) is 0 Å². The zero-order valence-electron chi connectivity index (χ0n) is 24.2. The van der Waals surface area contributed by atoms with Crippen molar-refractivity contribution >= 4 is 38.8 Å². The zero-order chi connectivity index (χ0) is 29.1. The van der Waals surface area contributed by atoms with Crippen molar-refractivity contribution in [3.05, 3.63) is 108 Å². The standard InChI is InChI=1S/C36H30N4O2.Pt/c1-20(2)40-32-14-8-11-27(30-18-24(19-31(37-30)36(41)42)23-16-21(3)15-22(4)17-23)34(32)39-35(40)28-12-7-10-26-25-9-5-6-13-29(25)38-33(26)28;/h5-20H,1-4H3,(H2,37,38,39,41,42);/p-1. The number of carbonyl (C=O) groups is 1. The maximum Gasteiger partial charge on any atom is 0.354 e. The summed E-state index contributed by atoms with van der Waals surface area (Å²) in [6.07, 6.45) is 0. The topological polar surface area (TPSA) is 82.1 Å². The second-order valence-electron chi connectivity index (χ2n) is 11.2. The van der Waals surface area contributed by atoms with Gasteiger partial charge in [0.15, 0.2) is 0 Å². The maximum atomic E-state index is 12.2. The predicted molar refractivity (Wildman–Crippen MR) is 169 cm³/mol. The monoisotopic (exact) mass is 744 g/mol. The molecule has 0 amide bonds. The first-order chi connectivity index (χ1) is 20.3. The predicted octanol–water partition coefficient (Wildman–Crippen LogP) is 8.59. The summed E-state index contributed by atoms with van der Waals surface area (Å²) in [7, 11) is 0. The Hall–Kier alpha value is -4.54. The number of pyridine rings is 1. The van der Waals surface area contributed by atoms with Crippen molar-refractivity contribution in [1.82, 2.24) is 19.5 Å². The van der Waals surface area contributed by atoms with Crippen molar-refractivity contribution in [2.45, 2.75) is 33.7 Å². The van der Waals surface area contributed by atoms with E-state index >= 15 is 0 Å². The molecule has 0 fully saturated rings. The summed E-state index contributed by atoms with van der Waals surface area (Å²) in [5, 5.41) is 12.2. The first-order valence-electron chi connectivity index (χ1n) is 14.1. The number of nitrogens with zero attached hydrogens (tertiary/aromatic N) is 4. The molecule has 0 aliphatic rings. The molecule has 0 bridgehead atoms. The van der Waals surface area contributed by atoms with Crippen LogP contribution in [0.3, 0.4) is 0 Å². The second-order valence-corrected chi connectivity index (χ2v) is 11.2. The van der Waals surface area contributed by atoms with Gasteiger partial charge in [0, 0.05) is 38.2 Å². The van der Waals surface area contributed by atoms with Crippen LogP contribution in [0, 0.1) is 13.8 Å². The van der Waals surface area contributed by atoms with Gasteiger partial charge in [0.25, 0.3) is 0 Å². The Bertz CT molecular complexity index is 2170. The SMILES string of the molecule is Cc1cc(C)cc(-c2cc(C(=O)O)nc(-c3cccc4c3nc(-c3cccc5c3[n-]c3ccccc35)n4C(C)C)c2)c1.[Pt]. The van der Waals surface area contributed by atoms with E-state index in [1.807, 2.05) is 50.2 Å². The Morgan fingerprint density at radius 1 is 0.791 bits per heavy atom. The molecule has 0 saturated carbocycles. The average Bonchev–Trinajstić information content (AvgIpc) is 3.55. The average molecular weight is 745 g/mol. The fourth-order valence-electron chi connectivity index (χ4n) is 6.10. The minimum absolute atomic E-state index is 0. The van der Waals surface area contributed by atoms with Crippen LogP contribution in [0.15, 0.2) is 91.0 Å². The Kier molecular flexibility index (Phi) is 7.27. The molecule has 7 heteroatoms. The summed E-state index contributed by atoms with van der Waals surface area (Å²) in [4.78, 5) is 27.0. The molecule has 7 rings (SSSR count). The first kappa shape index (κ1) is 28.6. The molecule has 0 saturated heterocycles. The normalized spacial score (nSPS) is 11.5. The number of carboxylic acid groups (broad SMARTS) is 1. The van der Waals surface area contributed by atoms with Gasteiger partial charge >= 0.3 is 5.97 Å². The second kappa shape index (κ2) is 10.9. The van der Waals surface area contributed by atoms with Gasteiger partial charge in [-0.1, -0.05) is 83.9 Å². The number of fused-ring (bicyclic) bond motifs is 4. The van der Waals surface area contributed by atoms with Crippen molar-refractivity contribution < 1.29 is 31.0 Å². The van der Waals surface area contributed by atoms with Crippen LogP contribution in [0.5, 0.6) is 0 Å². The largest absolute Gasteiger partial charge is 0.656 e. The van der Waals surface area contributed by atoms with Gasteiger partial charge in [-0.25, -0.2) is 14.8 Å². The number of hydrogen-bond acceptors (Lipinski definition) is 3. The Balaban J connectivity index is 0.00000329. The third-order valence-corrected chi connectivity index (χ3v) is 7.82. The minimum Gasteiger partial charge on any atom is -0.656 e. The number of aryl methyl sites for hydroxylation is 2. The Morgan fingerprint density at radius 2 is 1.47 bits per heavy atom. The first-order valence-corrected chi connectivity index (χ1v) is 14.1. The van der Waals surface area contributed by atoms with E-state index in [9.17, 15) is 9.90 Å². The number of aromatic nitrogens is 4. The quantitative estimate of drug-likeness (QED) is 0.191. The molecule has 0 spiro atoms. The summed E-state index contributed by atoms with van der Waals surface area (Å²) in [5.41, 5.74) is 9.93. The molecule has 0 aliphatic carbocycles. The van der Waals surface area contributed by atoms with Crippen molar-refractivity contribution in [2.75, 3.05) is 0 Å². The number of aromatic carboxylic acids is 1. The summed E-state index contributed by atoms with van der Waals surface area (Å²) in [6, 6.07) is 30.4.